The topological polar surface area (TPSA) is 55.4 Å². The van der Waals surface area contributed by atoms with Crippen molar-refractivity contribution >= 4 is 36.5 Å². The van der Waals surface area contributed by atoms with Gasteiger partial charge >= 0.3 is 0 Å². The van der Waals surface area contributed by atoms with Crippen LogP contribution < -0.4 is 28.4 Å². The number of benzene rings is 3. The third-order valence-electron chi connectivity index (χ3n) is 12.2. The highest BCUT2D eigenvalue weighted by Gasteiger charge is 2.14. The van der Waals surface area contributed by atoms with E-state index >= 15 is 0 Å². The van der Waals surface area contributed by atoms with E-state index in [-0.39, 0.29) is 0 Å². The second kappa shape index (κ2) is 34.7. The van der Waals surface area contributed by atoms with Crippen molar-refractivity contribution in [1.82, 2.24) is 0 Å². The van der Waals surface area contributed by atoms with E-state index in [0.717, 1.165) is 93.6 Å². The van der Waals surface area contributed by atoms with Crippen LogP contribution in [0.15, 0.2) is 49.6 Å². The van der Waals surface area contributed by atoms with Gasteiger partial charge in [0.25, 0.3) is 0 Å². The van der Waals surface area contributed by atoms with Crippen LogP contribution in [0.2, 0.25) is 0 Å². The zero-order valence-corrected chi connectivity index (χ0v) is 41.9. The van der Waals surface area contributed by atoms with Gasteiger partial charge in [-0.2, -0.15) is 0 Å². The molecule has 3 rings (SSSR count). The maximum Gasteiger partial charge on any atom is 0.127 e. The zero-order valence-electron chi connectivity index (χ0n) is 41.9. The molecular weight excluding hydrogens is 805 g/mol. The van der Waals surface area contributed by atoms with Crippen molar-refractivity contribution in [3.8, 4) is 34.5 Å². The number of rotatable bonds is 39. The Balaban J connectivity index is 1.89. The molecule has 0 atom stereocenters. The number of hydrogen-bond donors (Lipinski definition) is 0. The van der Waals surface area contributed by atoms with E-state index in [0.29, 0.717) is 19.8 Å². The van der Waals surface area contributed by atoms with E-state index in [2.05, 4.69) is 76.4 Å². The zero-order chi connectivity index (χ0) is 46.7. The Bertz CT molecular complexity index is 1820. The standard InChI is InChI=1S/C59H88O6/c1-9-14-17-20-23-26-29-32-39-63-57-46-50(55(61-7)42-49(57)13-5)35-38-53-45-56(62-8)51(47-59(53)65-41-34-31-28-25-22-19-16-11-3)36-37-52-44-54(60-6)48(12-4)43-58(52)64-40-33-30-27-24-21-18-15-10-2/h12-13,35-38,42-47H,4-5,9-11,14-34,39-41H2,1-3,6-8H3/b37-36+,38-35-. The summed E-state index contributed by atoms with van der Waals surface area (Å²) in [6.07, 6.45) is 42.0. The lowest BCUT2D eigenvalue weighted by Crippen LogP contribution is -2.01. The van der Waals surface area contributed by atoms with Crippen molar-refractivity contribution in [1.29, 1.82) is 0 Å². The fourth-order valence-electron chi connectivity index (χ4n) is 8.13. The van der Waals surface area contributed by atoms with Gasteiger partial charge in [0.05, 0.1) is 41.2 Å². The Morgan fingerprint density at radius 3 is 0.831 bits per heavy atom. The smallest absolute Gasteiger partial charge is 0.127 e. The first-order valence-corrected chi connectivity index (χ1v) is 25.6. The minimum atomic E-state index is 0.635. The molecule has 0 saturated heterocycles. The average molecular weight is 893 g/mol. The molecule has 0 bridgehead atoms. The van der Waals surface area contributed by atoms with Crippen molar-refractivity contribution in [2.45, 2.75) is 175 Å². The largest absolute Gasteiger partial charge is 0.496 e. The molecule has 6 nitrogen and oxygen atoms in total. The minimum absolute atomic E-state index is 0.635. The first-order chi connectivity index (χ1) is 32.0. The molecule has 0 amide bonds. The third kappa shape index (κ3) is 21.1. The summed E-state index contributed by atoms with van der Waals surface area (Å²) in [4.78, 5) is 0. The van der Waals surface area contributed by atoms with Crippen LogP contribution in [-0.4, -0.2) is 41.2 Å². The molecule has 6 heteroatoms. The van der Waals surface area contributed by atoms with E-state index in [9.17, 15) is 0 Å². The fourth-order valence-corrected chi connectivity index (χ4v) is 8.13. The van der Waals surface area contributed by atoms with Crippen LogP contribution in [0.3, 0.4) is 0 Å². The Morgan fingerprint density at radius 2 is 0.523 bits per heavy atom. The van der Waals surface area contributed by atoms with Crippen molar-refractivity contribution in [2.75, 3.05) is 41.2 Å². The highest BCUT2D eigenvalue weighted by atomic mass is 16.5. The second-order valence-corrected chi connectivity index (χ2v) is 17.4. The first kappa shape index (κ1) is 54.8. The molecule has 0 aliphatic carbocycles. The van der Waals surface area contributed by atoms with E-state index < -0.39 is 0 Å². The van der Waals surface area contributed by atoms with Crippen LogP contribution in [0.1, 0.15) is 208 Å². The van der Waals surface area contributed by atoms with Gasteiger partial charge in [0.2, 0.25) is 0 Å². The van der Waals surface area contributed by atoms with E-state index in [1.54, 1.807) is 21.3 Å². The van der Waals surface area contributed by atoms with E-state index in [1.165, 1.54) is 128 Å². The molecule has 0 N–H and O–H groups in total. The van der Waals surface area contributed by atoms with Gasteiger partial charge < -0.3 is 28.4 Å². The predicted octanol–water partition coefficient (Wildman–Crippen LogP) is 17.9. The molecule has 0 spiro atoms. The molecular formula is C59H88O6. The van der Waals surface area contributed by atoms with Gasteiger partial charge in [0.1, 0.15) is 34.5 Å². The van der Waals surface area contributed by atoms with Crippen LogP contribution in [0, 0.1) is 0 Å². The molecule has 0 radical (unpaired) electrons. The Labute approximate surface area is 396 Å². The fraction of sp³-hybridized carbons (Fsp3) is 0.559. The van der Waals surface area contributed by atoms with Gasteiger partial charge in [-0.05, 0) is 55.7 Å². The molecule has 65 heavy (non-hydrogen) atoms. The molecule has 360 valence electrons. The van der Waals surface area contributed by atoms with Crippen LogP contribution >= 0.6 is 0 Å². The van der Waals surface area contributed by atoms with Gasteiger partial charge in [-0.15, -0.1) is 0 Å². The lowest BCUT2D eigenvalue weighted by molar-refractivity contribution is 0.303. The predicted molar refractivity (Wildman–Crippen MR) is 281 cm³/mol. The van der Waals surface area contributed by atoms with Crippen LogP contribution in [-0.2, 0) is 0 Å². The van der Waals surface area contributed by atoms with Crippen molar-refractivity contribution in [2.24, 2.45) is 0 Å². The van der Waals surface area contributed by atoms with E-state index in [4.69, 9.17) is 28.4 Å². The number of ether oxygens (including phenoxy) is 6. The summed E-state index contributed by atoms with van der Waals surface area (Å²) >= 11 is 0. The summed E-state index contributed by atoms with van der Waals surface area (Å²) in [6.45, 7) is 16.9. The van der Waals surface area contributed by atoms with Gasteiger partial charge in [-0.25, -0.2) is 0 Å². The summed E-state index contributed by atoms with van der Waals surface area (Å²) in [5.41, 5.74) is 5.48. The van der Waals surface area contributed by atoms with Gasteiger partial charge in [0, 0.05) is 33.4 Å². The van der Waals surface area contributed by atoms with Crippen molar-refractivity contribution < 1.29 is 28.4 Å². The monoisotopic (exact) mass is 893 g/mol. The summed E-state index contributed by atoms with van der Waals surface area (Å²) in [7, 11) is 5.11. The quantitative estimate of drug-likeness (QED) is 0.0420. The summed E-state index contributed by atoms with van der Waals surface area (Å²) < 4.78 is 37.2. The Morgan fingerprint density at radius 1 is 0.308 bits per heavy atom. The number of unbranched alkanes of at least 4 members (excludes halogenated alkanes) is 21. The Kier molecular flexibility index (Phi) is 29.3. The lowest BCUT2D eigenvalue weighted by atomic mass is 10.0. The summed E-state index contributed by atoms with van der Waals surface area (Å²) in [6, 6.07) is 12.3. The SMILES string of the molecule is C=Cc1cc(OCCCCCCCCCC)c(/C=C/c2cc(OCCCCCCCCCC)c(/C=C\c3cc(OCCCCCCCCCC)c(C=C)cc3OC)cc2OC)cc1OC. The van der Waals surface area contributed by atoms with Crippen LogP contribution in [0.4, 0.5) is 0 Å². The second-order valence-electron chi connectivity index (χ2n) is 17.4. The molecule has 0 heterocycles. The molecule has 3 aromatic rings. The van der Waals surface area contributed by atoms with Gasteiger partial charge in [0.15, 0.2) is 0 Å². The maximum absolute atomic E-state index is 6.63. The minimum Gasteiger partial charge on any atom is -0.496 e. The van der Waals surface area contributed by atoms with Gasteiger partial charge in [-0.3, -0.25) is 0 Å². The Hall–Kier alpha value is -4.58. The summed E-state index contributed by atoms with van der Waals surface area (Å²) in [5, 5.41) is 0. The lowest BCUT2D eigenvalue weighted by Gasteiger charge is -2.16. The molecule has 0 aliphatic rings. The van der Waals surface area contributed by atoms with E-state index in [1.807, 2.05) is 30.4 Å². The summed E-state index contributed by atoms with van der Waals surface area (Å²) in [5.74, 6) is 4.65. The van der Waals surface area contributed by atoms with Crippen molar-refractivity contribution in [3.05, 3.63) is 82.9 Å². The van der Waals surface area contributed by atoms with Crippen LogP contribution in [0.25, 0.3) is 36.5 Å². The number of methoxy groups -OCH3 is 3. The average Bonchev–Trinajstić information content (AvgIpc) is 3.33. The highest BCUT2D eigenvalue weighted by molar-refractivity contribution is 5.82. The third-order valence-corrected chi connectivity index (χ3v) is 12.2. The van der Waals surface area contributed by atoms with Crippen LogP contribution in [0.5, 0.6) is 34.5 Å². The molecule has 0 unspecified atom stereocenters. The number of hydrogen-bond acceptors (Lipinski definition) is 6. The maximum atomic E-state index is 6.63. The van der Waals surface area contributed by atoms with Crippen molar-refractivity contribution in [3.63, 3.8) is 0 Å². The normalized spacial score (nSPS) is 11.4. The highest BCUT2D eigenvalue weighted by Crippen LogP contribution is 2.37. The molecule has 0 fully saturated rings. The molecule has 0 aliphatic heterocycles. The molecule has 0 aromatic heterocycles. The molecule has 3 aromatic carbocycles. The first-order valence-electron chi connectivity index (χ1n) is 25.6. The molecule has 0 saturated carbocycles. The van der Waals surface area contributed by atoms with Gasteiger partial charge in [-0.1, -0.05) is 205 Å².